The largest absolute Gasteiger partial charge is 0.490 e. The highest BCUT2D eigenvalue weighted by Gasteiger charge is 2.28. The maximum absolute atomic E-state index is 11.2. The molecule has 0 aliphatic heterocycles. The van der Waals surface area contributed by atoms with E-state index < -0.39 is 12.1 Å². The molecule has 1 rings (SSSR count). The van der Waals surface area contributed by atoms with E-state index in [1.807, 2.05) is 0 Å². The minimum Gasteiger partial charge on any atom is -0.490 e. The van der Waals surface area contributed by atoms with Crippen LogP contribution in [0.1, 0.15) is 102 Å². The molecule has 0 radical (unpaired) electrons. The van der Waals surface area contributed by atoms with E-state index in [2.05, 4.69) is 20.8 Å². The topological polar surface area (TPSA) is 66.8 Å². The molecule has 0 spiro atoms. The molecule has 1 atom stereocenters. The summed E-state index contributed by atoms with van der Waals surface area (Å²) in [5.74, 6) is -0.710. The predicted molar refractivity (Wildman–Crippen MR) is 115 cm³/mol. The Morgan fingerprint density at radius 2 is 1.50 bits per heavy atom. The van der Waals surface area contributed by atoms with Gasteiger partial charge in [-0.25, -0.2) is 4.79 Å². The fourth-order valence-electron chi connectivity index (χ4n) is 3.40. The van der Waals surface area contributed by atoms with Crippen molar-refractivity contribution >= 4 is 5.97 Å². The fraction of sp³-hybridized carbons (Fsp3) is 0.708. The van der Waals surface area contributed by atoms with Crippen LogP contribution in [0.25, 0.3) is 0 Å². The van der Waals surface area contributed by atoms with Gasteiger partial charge in [0, 0.05) is 0 Å². The Labute approximate surface area is 171 Å². The Kier molecular flexibility index (Phi) is 11.9. The third kappa shape index (κ3) is 9.59. The van der Waals surface area contributed by atoms with Gasteiger partial charge < -0.3 is 14.9 Å². The minimum absolute atomic E-state index is 0.106. The number of aliphatic hydroxyl groups is 1. The van der Waals surface area contributed by atoms with Crippen molar-refractivity contribution in [1.82, 2.24) is 0 Å². The number of aliphatic hydroxyl groups excluding tert-OH is 1. The van der Waals surface area contributed by atoms with Gasteiger partial charge in [-0.05, 0) is 24.0 Å². The number of hydrogen-bond acceptors (Lipinski definition) is 3. The summed E-state index contributed by atoms with van der Waals surface area (Å²) in [6.45, 7) is 6.46. The van der Waals surface area contributed by atoms with Crippen LogP contribution < -0.4 is 4.74 Å². The van der Waals surface area contributed by atoms with E-state index in [0.717, 1.165) is 12.8 Å². The Balaban J connectivity index is 2.22. The molecule has 4 heteroatoms. The van der Waals surface area contributed by atoms with Gasteiger partial charge in [0.2, 0.25) is 0 Å². The van der Waals surface area contributed by atoms with Gasteiger partial charge >= 0.3 is 5.97 Å². The van der Waals surface area contributed by atoms with Crippen LogP contribution in [-0.4, -0.2) is 28.9 Å². The maximum atomic E-state index is 11.2. The summed E-state index contributed by atoms with van der Waals surface area (Å²) < 4.78 is 5.62. The number of unbranched alkanes of at least 4 members (excludes halogenated alkanes) is 9. The first-order valence-electron chi connectivity index (χ1n) is 11.0. The Hall–Kier alpha value is -1.55. The third-order valence-electron chi connectivity index (χ3n) is 5.59. The minimum atomic E-state index is -1.02. The van der Waals surface area contributed by atoms with E-state index in [0.29, 0.717) is 5.75 Å². The first-order chi connectivity index (χ1) is 13.4. The van der Waals surface area contributed by atoms with E-state index in [1.54, 1.807) is 18.2 Å². The number of para-hydroxylation sites is 1. The van der Waals surface area contributed by atoms with Gasteiger partial charge in [0.1, 0.15) is 17.9 Å². The second kappa shape index (κ2) is 13.6. The zero-order valence-corrected chi connectivity index (χ0v) is 18.1. The summed E-state index contributed by atoms with van der Waals surface area (Å²) in [6.07, 6.45) is 13.3. The second-order valence-corrected chi connectivity index (χ2v) is 8.55. The average molecular weight is 393 g/mol. The van der Waals surface area contributed by atoms with Gasteiger partial charge in [-0.15, -0.1) is 0 Å². The molecule has 0 saturated carbocycles. The zero-order valence-electron chi connectivity index (χ0n) is 18.1. The number of rotatable bonds is 16. The molecular formula is C24H40O4. The average Bonchev–Trinajstić information content (AvgIpc) is 2.67. The summed E-state index contributed by atoms with van der Waals surface area (Å²) in [5, 5.41) is 19.7. The fourth-order valence-corrected chi connectivity index (χ4v) is 3.40. The van der Waals surface area contributed by atoms with Crippen LogP contribution >= 0.6 is 0 Å². The third-order valence-corrected chi connectivity index (χ3v) is 5.59. The molecule has 2 N–H and O–H groups in total. The monoisotopic (exact) mass is 392 g/mol. The smallest absolute Gasteiger partial charge is 0.339 e. The lowest BCUT2D eigenvalue weighted by atomic mass is 9.81. The van der Waals surface area contributed by atoms with E-state index in [-0.39, 0.29) is 17.6 Å². The number of carbonyl (C=O) groups is 1. The van der Waals surface area contributed by atoms with Gasteiger partial charge in [-0.3, -0.25) is 0 Å². The van der Waals surface area contributed by atoms with Gasteiger partial charge in [0.15, 0.2) is 0 Å². The Bertz CT molecular complexity index is 553. The van der Waals surface area contributed by atoms with E-state index >= 15 is 0 Å². The van der Waals surface area contributed by atoms with Crippen molar-refractivity contribution < 1.29 is 19.7 Å². The van der Waals surface area contributed by atoms with Crippen molar-refractivity contribution in [3.63, 3.8) is 0 Å². The van der Waals surface area contributed by atoms with Crippen LogP contribution in [0.15, 0.2) is 24.3 Å². The molecule has 0 aliphatic rings. The highest BCUT2D eigenvalue weighted by atomic mass is 16.5. The van der Waals surface area contributed by atoms with Crippen LogP contribution in [0.4, 0.5) is 0 Å². The molecule has 0 amide bonds. The lowest BCUT2D eigenvalue weighted by molar-refractivity contribution is 0.00529. The van der Waals surface area contributed by atoms with Crippen molar-refractivity contribution in [2.75, 3.05) is 6.61 Å². The zero-order chi connectivity index (χ0) is 20.8. The van der Waals surface area contributed by atoms with Gasteiger partial charge in [0.05, 0.1) is 6.10 Å². The SMILES string of the molecule is CCCCCCCCCCCCC(C)(C)C(O)COc1ccccc1C(=O)O. The summed E-state index contributed by atoms with van der Waals surface area (Å²) in [4.78, 5) is 11.2. The van der Waals surface area contributed by atoms with E-state index in [1.165, 1.54) is 63.9 Å². The highest BCUT2D eigenvalue weighted by molar-refractivity contribution is 5.90. The summed E-state index contributed by atoms with van der Waals surface area (Å²) in [7, 11) is 0. The number of carboxylic acid groups (broad SMARTS) is 1. The molecule has 4 nitrogen and oxygen atoms in total. The van der Waals surface area contributed by atoms with Crippen LogP contribution in [0.2, 0.25) is 0 Å². The van der Waals surface area contributed by atoms with Gasteiger partial charge in [0.25, 0.3) is 0 Å². The second-order valence-electron chi connectivity index (χ2n) is 8.55. The highest BCUT2D eigenvalue weighted by Crippen LogP contribution is 2.29. The quantitative estimate of drug-likeness (QED) is 0.317. The molecule has 0 saturated heterocycles. The number of hydrogen-bond donors (Lipinski definition) is 2. The first-order valence-corrected chi connectivity index (χ1v) is 11.0. The molecule has 0 bridgehead atoms. The van der Waals surface area contributed by atoms with Crippen LogP contribution in [0, 0.1) is 5.41 Å². The Morgan fingerprint density at radius 1 is 0.964 bits per heavy atom. The van der Waals surface area contributed by atoms with Crippen molar-refractivity contribution in [1.29, 1.82) is 0 Å². The standard InChI is InChI=1S/C24H40O4/c1-4-5-6-7-8-9-10-11-12-15-18-24(2,3)22(25)19-28-21-17-14-13-16-20(21)23(26)27/h13-14,16-17,22,25H,4-12,15,18-19H2,1-3H3,(H,26,27). The summed E-state index contributed by atoms with van der Waals surface area (Å²) in [6, 6.07) is 6.55. The van der Waals surface area contributed by atoms with Crippen molar-refractivity contribution in [2.45, 2.75) is 97.5 Å². The predicted octanol–water partition coefficient (Wildman–Crippen LogP) is 6.46. The van der Waals surface area contributed by atoms with Crippen molar-refractivity contribution in [3.05, 3.63) is 29.8 Å². The van der Waals surface area contributed by atoms with Crippen molar-refractivity contribution in [3.8, 4) is 5.75 Å². The Morgan fingerprint density at radius 3 is 2.07 bits per heavy atom. The van der Waals surface area contributed by atoms with Gasteiger partial charge in [-0.1, -0.05) is 97.1 Å². The number of ether oxygens (including phenoxy) is 1. The van der Waals surface area contributed by atoms with Crippen LogP contribution in [0.3, 0.4) is 0 Å². The van der Waals surface area contributed by atoms with E-state index in [9.17, 15) is 15.0 Å². The molecular weight excluding hydrogens is 352 g/mol. The molecule has 0 aliphatic carbocycles. The van der Waals surface area contributed by atoms with E-state index in [4.69, 9.17) is 4.74 Å². The summed E-state index contributed by atoms with van der Waals surface area (Å²) in [5.41, 5.74) is -0.125. The van der Waals surface area contributed by atoms with Crippen LogP contribution in [0.5, 0.6) is 5.75 Å². The lowest BCUT2D eigenvalue weighted by Crippen LogP contribution is -2.34. The molecule has 0 heterocycles. The summed E-state index contributed by atoms with van der Waals surface area (Å²) >= 11 is 0. The number of aromatic carboxylic acids is 1. The number of benzene rings is 1. The maximum Gasteiger partial charge on any atom is 0.339 e. The molecule has 1 unspecified atom stereocenters. The molecule has 28 heavy (non-hydrogen) atoms. The lowest BCUT2D eigenvalue weighted by Gasteiger charge is -2.30. The number of carboxylic acids is 1. The van der Waals surface area contributed by atoms with Gasteiger partial charge in [-0.2, -0.15) is 0 Å². The normalized spacial score (nSPS) is 12.7. The van der Waals surface area contributed by atoms with Crippen molar-refractivity contribution in [2.24, 2.45) is 5.41 Å². The molecule has 1 aromatic rings. The molecule has 160 valence electrons. The molecule has 0 fully saturated rings. The molecule has 0 aromatic heterocycles. The molecule has 1 aromatic carbocycles. The van der Waals surface area contributed by atoms with Crippen LogP contribution in [-0.2, 0) is 0 Å². The first kappa shape index (κ1) is 24.5.